The number of hydrogen-bond acceptors (Lipinski definition) is 5. The van der Waals surface area contributed by atoms with Gasteiger partial charge in [-0.15, -0.1) is 0 Å². The molecule has 2 saturated carbocycles. The fourth-order valence-corrected chi connectivity index (χ4v) is 5.14. The van der Waals surface area contributed by atoms with Gasteiger partial charge in [-0.1, -0.05) is 25.7 Å². The molecule has 7 nitrogen and oxygen atoms in total. The van der Waals surface area contributed by atoms with E-state index in [2.05, 4.69) is 9.62 Å². The summed E-state index contributed by atoms with van der Waals surface area (Å²) in [5.74, 6) is -0.731. The van der Waals surface area contributed by atoms with Crippen LogP contribution in [-0.2, 0) is 10.9 Å². The van der Waals surface area contributed by atoms with Crippen molar-refractivity contribution in [3.05, 3.63) is 23.8 Å². The summed E-state index contributed by atoms with van der Waals surface area (Å²) >= 11 is 0. The van der Waals surface area contributed by atoms with Crippen molar-refractivity contribution in [2.75, 3.05) is 37.4 Å². The maximum atomic E-state index is 15.0. The molecule has 1 N–H and O–H groups in total. The monoisotopic (exact) mass is 485 g/mol. The molecule has 0 spiro atoms. The number of carbonyl (C=O) groups excluding carboxylic acids is 1. The van der Waals surface area contributed by atoms with Crippen molar-refractivity contribution in [1.82, 2.24) is 9.80 Å². The second-order valence-electron chi connectivity index (χ2n) is 9.47. The molecule has 3 fully saturated rings. The lowest BCUT2D eigenvalue weighted by atomic mass is 9.99. The topological polar surface area (TPSA) is 78.9 Å². The molecule has 184 valence electrons. The van der Waals surface area contributed by atoms with Crippen LogP contribution in [0.25, 0.3) is 0 Å². The van der Waals surface area contributed by atoms with E-state index < -0.39 is 22.9 Å². The van der Waals surface area contributed by atoms with E-state index in [1.165, 1.54) is 31.0 Å². The van der Waals surface area contributed by atoms with Gasteiger partial charge in [0, 0.05) is 38.3 Å². The van der Waals surface area contributed by atoms with Crippen molar-refractivity contribution < 1.29 is 26.7 Å². The Morgan fingerprint density at radius 1 is 1.03 bits per heavy atom. The van der Waals surface area contributed by atoms with Crippen LogP contribution >= 0.6 is 0 Å². The van der Waals surface area contributed by atoms with E-state index in [9.17, 15) is 13.2 Å². The first-order valence-corrected chi connectivity index (χ1v) is 13.1. The number of nitrogens with zero attached hydrogens (tertiary/aromatic N) is 2. The van der Waals surface area contributed by atoms with Crippen molar-refractivity contribution >= 4 is 22.5 Å². The normalized spacial score (nSPS) is 21.1. The highest BCUT2D eigenvalue weighted by atomic mass is 32.2. The zero-order chi connectivity index (χ0) is 23.4. The number of anilines is 1. The maximum absolute atomic E-state index is 15.0. The van der Waals surface area contributed by atoms with Gasteiger partial charge in [-0.25, -0.2) is 8.42 Å². The zero-order valence-electron chi connectivity index (χ0n) is 18.8. The van der Waals surface area contributed by atoms with E-state index in [1.807, 2.05) is 0 Å². The molecule has 1 aromatic carbocycles. The summed E-state index contributed by atoms with van der Waals surface area (Å²) in [6, 6.07) is 4.02. The average Bonchev–Trinajstić information content (AvgIpc) is 3.61. The predicted molar refractivity (Wildman–Crippen MR) is 122 cm³/mol. The SMILES string of the molecule is O=C(c1ccc(N[SH](=O)=O)c(OC(F)(F)C2CCCCCC2)c1)N1CCN(CC2CC2)CC1. The summed E-state index contributed by atoms with van der Waals surface area (Å²) in [5, 5.41) is 0. The lowest BCUT2D eigenvalue weighted by Crippen LogP contribution is -2.49. The lowest BCUT2D eigenvalue weighted by molar-refractivity contribution is -0.218. The fourth-order valence-electron chi connectivity index (χ4n) is 4.76. The zero-order valence-corrected chi connectivity index (χ0v) is 19.7. The molecule has 1 aromatic rings. The summed E-state index contributed by atoms with van der Waals surface area (Å²) in [7, 11) is -3.07. The number of thiol groups is 1. The van der Waals surface area contributed by atoms with E-state index in [0.29, 0.717) is 38.8 Å². The van der Waals surface area contributed by atoms with Crippen LogP contribution in [0.4, 0.5) is 14.5 Å². The van der Waals surface area contributed by atoms with Crippen LogP contribution in [0.5, 0.6) is 5.75 Å². The van der Waals surface area contributed by atoms with Gasteiger partial charge in [0.15, 0.2) is 5.75 Å². The smallest absolute Gasteiger partial charge is 0.400 e. The second-order valence-corrected chi connectivity index (χ2v) is 10.2. The van der Waals surface area contributed by atoms with E-state index in [4.69, 9.17) is 4.74 Å². The highest BCUT2D eigenvalue weighted by Crippen LogP contribution is 2.40. The van der Waals surface area contributed by atoms with E-state index in [0.717, 1.165) is 38.4 Å². The Labute approximate surface area is 195 Å². The summed E-state index contributed by atoms with van der Waals surface area (Å²) in [6.07, 6.45) is 3.10. The molecule has 0 bridgehead atoms. The Morgan fingerprint density at radius 3 is 2.30 bits per heavy atom. The van der Waals surface area contributed by atoms with Crippen molar-refractivity contribution in [1.29, 1.82) is 0 Å². The molecule has 0 aromatic heterocycles. The molecule has 1 amide bonds. The van der Waals surface area contributed by atoms with Crippen LogP contribution in [0.2, 0.25) is 0 Å². The van der Waals surface area contributed by atoms with Crippen molar-refractivity contribution in [3.63, 3.8) is 0 Å². The summed E-state index contributed by atoms with van der Waals surface area (Å²) in [6.45, 7) is 3.81. The minimum atomic E-state index is -3.45. The first kappa shape index (κ1) is 24.2. The highest BCUT2D eigenvalue weighted by Gasteiger charge is 2.42. The molecule has 0 unspecified atom stereocenters. The third-order valence-electron chi connectivity index (χ3n) is 6.89. The molecule has 2 aliphatic carbocycles. The highest BCUT2D eigenvalue weighted by molar-refractivity contribution is 7.73. The van der Waals surface area contributed by atoms with Gasteiger partial charge in [0.05, 0.1) is 11.6 Å². The number of carbonyl (C=O) groups is 1. The van der Waals surface area contributed by atoms with E-state index in [1.54, 1.807) is 4.90 Å². The van der Waals surface area contributed by atoms with Gasteiger partial charge in [0.2, 0.25) is 10.9 Å². The van der Waals surface area contributed by atoms with Gasteiger partial charge in [0.1, 0.15) is 0 Å². The van der Waals surface area contributed by atoms with Gasteiger partial charge < -0.3 is 9.64 Å². The Morgan fingerprint density at radius 2 is 1.70 bits per heavy atom. The third kappa shape index (κ3) is 6.56. The Balaban J connectivity index is 1.48. The van der Waals surface area contributed by atoms with Crippen molar-refractivity contribution in [2.24, 2.45) is 11.8 Å². The summed E-state index contributed by atoms with van der Waals surface area (Å²) in [5.41, 5.74) is 0.120. The quantitative estimate of drug-likeness (QED) is 0.433. The van der Waals surface area contributed by atoms with Gasteiger partial charge in [-0.2, -0.15) is 8.78 Å². The molecule has 1 heterocycles. The number of hydrogen-bond donors (Lipinski definition) is 2. The summed E-state index contributed by atoms with van der Waals surface area (Å²) < 4.78 is 59.8. The lowest BCUT2D eigenvalue weighted by Gasteiger charge is -2.35. The number of nitrogens with one attached hydrogen (secondary N) is 1. The van der Waals surface area contributed by atoms with Gasteiger partial charge in [-0.3, -0.25) is 14.4 Å². The molecular formula is C23H33F2N3O4S. The first-order valence-electron chi connectivity index (χ1n) is 12.0. The Kier molecular flexibility index (Phi) is 7.73. The number of ether oxygens (including phenoxy) is 1. The number of alkyl halides is 2. The largest absolute Gasteiger partial charge is 0.430 e. The predicted octanol–water partition coefficient (Wildman–Crippen LogP) is 3.73. The van der Waals surface area contributed by atoms with Gasteiger partial charge in [0.25, 0.3) is 5.91 Å². The molecule has 1 saturated heterocycles. The summed E-state index contributed by atoms with van der Waals surface area (Å²) in [4.78, 5) is 17.1. The Hall–Kier alpha value is -1.94. The third-order valence-corrected chi connectivity index (χ3v) is 7.31. The first-order chi connectivity index (χ1) is 15.8. The molecule has 3 aliphatic rings. The van der Waals surface area contributed by atoms with Gasteiger partial charge >= 0.3 is 6.11 Å². The van der Waals surface area contributed by atoms with Crippen LogP contribution < -0.4 is 9.46 Å². The second kappa shape index (κ2) is 10.5. The van der Waals surface area contributed by atoms with Crippen LogP contribution in [-0.4, -0.2) is 63.0 Å². The standard InChI is InChI=1S/C23H33F2N3O4S/c24-23(25,19-5-3-1-2-4-6-19)32-21-15-18(9-10-20(21)26-33(30)31)22(29)28-13-11-27(12-14-28)16-17-7-8-17/h9-10,15,17,19,33H,1-8,11-14,16H2,(H,26,30,31). The number of rotatable bonds is 8. The maximum Gasteiger partial charge on any atom is 0.400 e. The van der Waals surface area contributed by atoms with E-state index in [-0.39, 0.29) is 22.9 Å². The number of halogens is 2. The van der Waals surface area contributed by atoms with Crippen LogP contribution in [0.15, 0.2) is 18.2 Å². The molecular weight excluding hydrogens is 452 g/mol. The molecule has 0 radical (unpaired) electrons. The van der Waals surface area contributed by atoms with Crippen molar-refractivity contribution in [2.45, 2.75) is 57.5 Å². The number of benzene rings is 1. The van der Waals surface area contributed by atoms with E-state index >= 15 is 8.78 Å². The minimum absolute atomic E-state index is 0.0924. The van der Waals surface area contributed by atoms with Crippen molar-refractivity contribution in [3.8, 4) is 5.75 Å². The van der Waals surface area contributed by atoms with Crippen LogP contribution in [0.3, 0.4) is 0 Å². The molecule has 1 aliphatic heterocycles. The molecule has 33 heavy (non-hydrogen) atoms. The average molecular weight is 486 g/mol. The molecule has 10 heteroatoms. The number of piperazine rings is 1. The molecule has 4 rings (SSSR count). The van der Waals surface area contributed by atoms with Crippen LogP contribution in [0, 0.1) is 11.8 Å². The van der Waals surface area contributed by atoms with Crippen LogP contribution in [0.1, 0.15) is 61.7 Å². The number of amides is 1. The minimum Gasteiger partial charge on any atom is -0.430 e. The fraction of sp³-hybridized carbons (Fsp3) is 0.696. The van der Waals surface area contributed by atoms with Gasteiger partial charge in [-0.05, 0) is 49.8 Å². The molecule has 0 atom stereocenters. The Bertz CT molecular complexity index is 899.